The third-order valence-electron chi connectivity index (χ3n) is 4.01. The number of aromatic nitrogens is 2. The molecule has 28 heavy (non-hydrogen) atoms. The lowest BCUT2D eigenvalue weighted by atomic mass is 10.2. The van der Waals surface area contributed by atoms with Crippen LogP contribution in [-0.2, 0) is 19.0 Å². The van der Waals surface area contributed by atoms with Gasteiger partial charge in [-0.2, -0.15) is 8.42 Å². The molecule has 0 radical (unpaired) electrons. The van der Waals surface area contributed by atoms with Gasteiger partial charge in [0.05, 0.1) is 17.1 Å². The van der Waals surface area contributed by atoms with Crippen molar-refractivity contribution in [2.45, 2.75) is 24.2 Å². The zero-order valence-electron chi connectivity index (χ0n) is 14.7. The second-order valence-corrected chi connectivity index (χ2v) is 8.19. The number of nitrogens with zero attached hydrogens (tertiary/aromatic N) is 1. The van der Waals surface area contributed by atoms with Crippen molar-refractivity contribution in [1.82, 2.24) is 9.55 Å². The van der Waals surface area contributed by atoms with E-state index in [2.05, 4.69) is 20.9 Å². The van der Waals surface area contributed by atoms with Gasteiger partial charge in [0.1, 0.15) is 6.10 Å². The monoisotopic (exact) mass is 468 g/mol. The highest BCUT2D eigenvalue weighted by atomic mass is 79.9. The minimum atomic E-state index is -3.92. The van der Waals surface area contributed by atoms with E-state index >= 15 is 0 Å². The Morgan fingerprint density at radius 3 is 2.64 bits per heavy atom. The number of benzene rings is 1. The molecule has 0 bridgehead atoms. The average Bonchev–Trinajstić information content (AvgIpc) is 3.12. The molecule has 1 aliphatic rings. The highest BCUT2D eigenvalue weighted by Crippen LogP contribution is 2.21. The van der Waals surface area contributed by atoms with Crippen LogP contribution < -0.4 is 11.2 Å². The summed E-state index contributed by atoms with van der Waals surface area (Å²) >= 11 is 3.08. The number of hydrogen-bond acceptors (Lipinski definition) is 6. The molecule has 0 amide bonds. The van der Waals surface area contributed by atoms with Crippen molar-refractivity contribution >= 4 is 32.1 Å². The largest absolute Gasteiger partial charge is 0.344 e. The van der Waals surface area contributed by atoms with Crippen molar-refractivity contribution in [3.8, 4) is 0 Å². The molecule has 1 aromatic heterocycles. The Hall–Kier alpha value is -2.27. The van der Waals surface area contributed by atoms with Crippen LogP contribution in [0.3, 0.4) is 0 Å². The van der Waals surface area contributed by atoms with Gasteiger partial charge >= 0.3 is 5.69 Å². The highest BCUT2D eigenvalue weighted by Gasteiger charge is 2.25. The number of hydrogen-bond donors (Lipinski definition) is 1. The average molecular weight is 469 g/mol. The van der Waals surface area contributed by atoms with Crippen molar-refractivity contribution in [3.05, 3.63) is 79.6 Å². The summed E-state index contributed by atoms with van der Waals surface area (Å²) in [4.78, 5) is 27.5. The smallest absolute Gasteiger partial charge is 0.330 e. The van der Waals surface area contributed by atoms with Crippen molar-refractivity contribution in [2.75, 3.05) is 6.61 Å². The Balaban J connectivity index is 1.69. The van der Waals surface area contributed by atoms with Gasteiger partial charge in [-0.15, -0.1) is 0 Å². The number of aromatic amines is 1. The second kappa shape index (κ2) is 8.39. The standard InChI is InChI=1S/C18H17BrN2O6S/c1-12-2-5-15(6-3-12)28(24,25)26-11-14-4-7-16(27-14)21-10-13(8-9-19)17(22)20-18(21)23/h2-10,14,16H,11H2,1H3,(H,20,22,23)/b9-8+/t14-,16+/m0/s1. The zero-order chi connectivity index (χ0) is 20.3. The Morgan fingerprint density at radius 2 is 1.96 bits per heavy atom. The summed E-state index contributed by atoms with van der Waals surface area (Å²) in [6.07, 6.45) is 4.59. The summed E-state index contributed by atoms with van der Waals surface area (Å²) in [6.45, 7) is 1.61. The predicted octanol–water partition coefficient (Wildman–Crippen LogP) is 2.07. The number of rotatable bonds is 6. The van der Waals surface area contributed by atoms with Gasteiger partial charge in [-0.3, -0.25) is 18.5 Å². The molecule has 1 aromatic carbocycles. The first kappa shape index (κ1) is 20.5. The molecular formula is C18H17BrN2O6S. The maximum Gasteiger partial charge on any atom is 0.330 e. The van der Waals surface area contributed by atoms with E-state index in [1.54, 1.807) is 24.3 Å². The molecule has 1 aliphatic heterocycles. The highest BCUT2D eigenvalue weighted by molar-refractivity contribution is 9.11. The molecule has 2 atom stereocenters. The third-order valence-corrected chi connectivity index (χ3v) is 5.57. The summed E-state index contributed by atoms with van der Waals surface area (Å²) in [5.74, 6) is 0. The van der Waals surface area contributed by atoms with E-state index in [-0.39, 0.29) is 17.1 Å². The van der Waals surface area contributed by atoms with Crippen LogP contribution in [0.5, 0.6) is 0 Å². The lowest BCUT2D eigenvalue weighted by Gasteiger charge is -2.16. The van der Waals surface area contributed by atoms with Crippen molar-refractivity contribution < 1.29 is 17.3 Å². The predicted molar refractivity (Wildman–Crippen MR) is 107 cm³/mol. The first-order valence-electron chi connectivity index (χ1n) is 8.22. The molecule has 2 heterocycles. The van der Waals surface area contributed by atoms with Crippen LogP contribution in [0.4, 0.5) is 0 Å². The number of ether oxygens (including phenoxy) is 1. The van der Waals surface area contributed by atoms with E-state index in [1.165, 1.54) is 34.0 Å². The fourth-order valence-electron chi connectivity index (χ4n) is 2.55. The van der Waals surface area contributed by atoms with Crippen LogP contribution in [-0.4, -0.2) is 30.7 Å². The Kier molecular flexibility index (Phi) is 6.14. The van der Waals surface area contributed by atoms with Gasteiger partial charge in [0.15, 0.2) is 6.23 Å². The summed E-state index contributed by atoms with van der Waals surface area (Å²) < 4.78 is 36.4. The molecule has 10 heteroatoms. The minimum Gasteiger partial charge on any atom is -0.344 e. The number of halogens is 1. The van der Waals surface area contributed by atoms with Crippen molar-refractivity contribution in [3.63, 3.8) is 0 Å². The fourth-order valence-corrected chi connectivity index (χ4v) is 3.75. The summed E-state index contributed by atoms with van der Waals surface area (Å²) in [5, 5.41) is 0. The summed E-state index contributed by atoms with van der Waals surface area (Å²) in [5.41, 5.74) is 0.0302. The van der Waals surface area contributed by atoms with Gasteiger partial charge in [-0.05, 0) is 36.2 Å². The van der Waals surface area contributed by atoms with E-state index in [0.717, 1.165) is 5.56 Å². The number of H-pyrrole nitrogens is 1. The first-order chi connectivity index (χ1) is 13.3. The number of nitrogens with one attached hydrogen (secondary N) is 1. The molecule has 3 rings (SSSR count). The topological polar surface area (TPSA) is 107 Å². The lowest BCUT2D eigenvalue weighted by molar-refractivity contribution is -0.00437. The first-order valence-corrected chi connectivity index (χ1v) is 10.5. The van der Waals surface area contributed by atoms with Crippen LogP contribution in [0, 0.1) is 6.92 Å². The molecule has 0 spiro atoms. The van der Waals surface area contributed by atoms with Crippen LogP contribution in [0.1, 0.15) is 17.4 Å². The molecule has 0 fully saturated rings. The van der Waals surface area contributed by atoms with E-state index in [4.69, 9.17) is 8.92 Å². The third kappa shape index (κ3) is 4.58. The fraction of sp³-hybridized carbons (Fsp3) is 0.222. The molecular weight excluding hydrogens is 452 g/mol. The normalized spacial score (nSPS) is 19.5. The van der Waals surface area contributed by atoms with E-state index in [1.807, 2.05) is 6.92 Å². The molecule has 8 nitrogen and oxygen atoms in total. The molecule has 0 unspecified atom stereocenters. The second-order valence-electron chi connectivity index (χ2n) is 6.05. The Labute approximate surface area is 169 Å². The van der Waals surface area contributed by atoms with Crippen LogP contribution in [0.15, 0.2) is 62.1 Å². The van der Waals surface area contributed by atoms with Gasteiger partial charge in [0.25, 0.3) is 15.7 Å². The summed E-state index contributed by atoms with van der Waals surface area (Å²) in [6, 6.07) is 6.30. The molecule has 2 aromatic rings. The minimum absolute atomic E-state index is 0.0553. The summed E-state index contributed by atoms with van der Waals surface area (Å²) in [7, 11) is -3.92. The molecule has 148 valence electrons. The SMILES string of the molecule is Cc1ccc(S(=O)(=O)OC[C@@H]2C=C[C@H](n3cc(/C=C/Br)c(=O)[nH]c3=O)O2)cc1. The van der Waals surface area contributed by atoms with Gasteiger partial charge in [-0.25, -0.2) is 4.79 Å². The van der Waals surface area contributed by atoms with Crippen LogP contribution in [0.2, 0.25) is 0 Å². The molecule has 1 N–H and O–H groups in total. The van der Waals surface area contributed by atoms with Crippen molar-refractivity contribution in [2.24, 2.45) is 0 Å². The van der Waals surface area contributed by atoms with Gasteiger partial charge in [-0.1, -0.05) is 39.7 Å². The van der Waals surface area contributed by atoms with E-state index in [0.29, 0.717) is 0 Å². The quantitative estimate of drug-likeness (QED) is 0.513. The van der Waals surface area contributed by atoms with E-state index in [9.17, 15) is 18.0 Å². The zero-order valence-corrected chi connectivity index (χ0v) is 17.1. The molecule has 0 saturated carbocycles. The van der Waals surface area contributed by atoms with E-state index < -0.39 is 33.7 Å². The maximum absolute atomic E-state index is 12.3. The van der Waals surface area contributed by atoms with Crippen LogP contribution >= 0.6 is 15.9 Å². The van der Waals surface area contributed by atoms with Gasteiger partial charge in [0, 0.05) is 6.20 Å². The molecule has 0 aliphatic carbocycles. The Bertz CT molecular complexity index is 1130. The van der Waals surface area contributed by atoms with Gasteiger partial charge < -0.3 is 4.74 Å². The van der Waals surface area contributed by atoms with Crippen molar-refractivity contribution in [1.29, 1.82) is 0 Å². The lowest BCUT2D eigenvalue weighted by Crippen LogP contribution is -2.33. The Morgan fingerprint density at radius 1 is 1.25 bits per heavy atom. The molecule has 0 saturated heterocycles. The van der Waals surface area contributed by atoms with Crippen LogP contribution in [0.25, 0.3) is 6.08 Å². The van der Waals surface area contributed by atoms with Gasteiger partial charge in [0.2, 0.25) is 0 Å². The maximum atomic E-state index is 12.3. The number of aryl methyl sites for hydroxylation is 1.